The van der Waals surface area contributed by atoms with Gasteiger partial charge in [0.1, 0.15) is 11.6 Å². The number of hydrogen-bond acceptors (Lipinski definition) is 5. The molecule has 2 aliphatic heterocycles. The summed E-state index contributed by atoms with van der Waals surface area (Å²) in [7, 11) is 1.62. The molecule has 3 atom stereocenters. The summed E-state index contributed by atoms with van der Waals surface area (Å²) >= 11 is 0. The summed E-state index contributed by atoms with van der Waals surface area (Å²) in [6.07, 6.45) is 1.83. The molecule has 0 spiro atoms. The van der Waals surface area contributed by atoms with E-state index in [-0.39, 0.29) is 35.8 Å². The third-order valence-corrected chi connectivity index (χ3v) is 6.48. The molecule has 0 radical (unpaired) electrons. The fourth-order valence-corrected chi connectivity index (χ4v) is 4.59. The van der Waals surface area contributed by atoms with Crippen molar-refractivity contribution in [2.24, 2.45) is 0 Å². The molecule has 0 aliphatic carbocycles. The van der Waals surface area contributed by atoms with Crippen molar-refractivity contribution in [3.8, 4) is 5.75 Å². The van der Waals surface area contributed by atoms with Crippen molar-refractivity contribution in [3.05, 3.63) is 65.5 Å². The lowest BCUT2D eigenvalue weighted by molar-refractivity contribution is -0.129. The molecule has 2 aromatic carbocycles. The number of carbonyl (C=O) groups is 2. The Balaban J connectivity index is 1.24. The van der Waals surface area contributed by atoms with Crippen LogP contribution in [0.2, 0.25) is 0 Å². The third-order valence-electron chi connectivity index (χ3n) is 6.48. The molecular weight excluding hydrogens is 423 g/mol. The predicted molar refractivity (Wildman–Crippen MR) is 123 cm³/mol. The number of piperazine rings is 1. The molecule has 0 saturated carbocycles. The van der Waals surface area contributed by atoms with Crippen LogP contribution in [0.1, 0.15) is 30.4 Å². The predicted octanol–water partition coefficient (Wildman–Crippen LogP) is 1.96. The molecule has 2 heterocycles. The van der Waals surface area contributed by atoms with E-state index in [1.807, 2.05) is 24.3 Å². The van der Waals surface area contributed by atoms with Crippen LogP contribution in [0.3, 0.4) is 0 Å². The summed E-state index contributed by atoms with van der Waals surface area (Å²) in [5, 5.41) is 9.47. The second-order valence-corrected chi connectivity index (χ2v) is 8.72. The van der Waals surface area contributed by atoms with E-state index in [2.05, 4.69) is 20.9 Å². The molecule has 7 nitrogen and oxygen atoms in total. The van der Waals surface area contributed by atoms with Gasteiger partial charge in [0.15, 0.2) is 0 Å². The Morgan fingerprint density at radius 1 is 1.12 bits per heavy atom. The van der Waals surface area contributed by atoms with Crippen molar-refractivity contribution in [1.82, 2.24) is 20.9 Å². The molecule has 2 aliphatic rings. The highest BCUT2D eigenvalue weighted by Crippen LogP contribution is 2.26. The van der Waals surface area contributed by atoms with E-state index in [4.69, 9.17) is 4.74 Å². The van der Waals surface area contributed by atoms with Crippen LogP contribution in [0.15, 0.2) is 48.5 Å². The highest BCUT2D eigenvalue weighted by atomic mass is 19.1. The third kappa shape index (κ3) is 6.09. The Hall–Kier alpha value is -2.97. The molecule has 8 heteroatoms. The smallest absolute Gasteiger partial charge is 0.237 e. The van der Waals surface area contributed by atoms with Gasteiger partial charge in [0, 0.05) is 44.7 Å². The lowest BCUT2D eigenvalue weighted by Crippen LogP contribution is -2.58. The standard InChI is InChI=1S/C25H31FN4O3/c1-33-22-9-4-18(5-10-22)14-28-24(31)11-8-21-15-29-25(32)23-12-20(16-30(21)23)27-13-17-2-6-19(26)7-3-17/h2-7,9-10,20-21,23,27H,8,11-16H2,1H3,(H,28,31)(H,29,32). The first-order chi connectivity index (χ1) is 16.0. The number of halogens is 1. The monoisotopic (exact) mass is 454 g/mol. The number of benzene rings is 2. The summed E-state index contributed by atoms with van der Waals surface area (Å²) in [5.41, 5.74) is 2.03. The molecule has 2 saturated heterocycles. The van der Waals surface area contributed by atoms with Crippen LogP contribution in [0.5, 0.6) is 5.75 Å². The molecule has 2 fully saturated rings. The van der Waals surface area contributed by atoms with E-state index < -0.39 is 0 Å². The van der Waals surface area contributed by atoms with Gasteiger partial charge in [-0.25, -0.2) is 4.39 Å². The molecule has 4 rings (SSSR count). The summed E-state index contributed by atoms with van der Waals surface area (Å²) in [6, 6.07) is 14.2. The number of ether oxygens (including phenoxy) is 1. The maximum atomic E-state index is 13.1. The van der Waals surface area contributed by atoms with Crippen molar-refractivity contribution in [2.75, 3.05) is 20.2 Å². The number of fused-ring (bicyclic) bond motifs is 1. The Morgan fingerprint density at radius 2 is 1.82 bits per heavy atom. The van der Waals surface area contributed by atoms with E-state index in [0.29, 0.717) is 32.5 Å². The van der Waals surface area contributed by atoms with Crippen LogP contribution >= 0.6 is 0 Å². The van der Waals surface area contributed by atoms with Gasteiger partial charge in [-0.15, -0.1) is 0 Å². The molecule has 176 valence electrons. The summed E-state index contributed by atoms with van der Waals surface area (Å²) in [5.74, 6) is 0.602. The number of carbonyl (C=O) groups excluding carboxylic acids is 2. The Kier molecular flexibility index (Phi) is 7.57. The zero-order valence-electron chi connectivity index (χ0n) is 18.9. The van der Waals surface area contributed by atoms with Crippen LogP contribution in [-0.2, 0) is 22.7 Å². The maximum absolute atomic E-state index is 13.1. The summed E-state index contributed by atoms with van der Waals surface area (Å²) < 4.78 is 18.3. The van der Waals surface area contributed by atoms with Crippen molar-refractivity contribution in [2.45, 2.75) is 50.5 Å². The molecule has 0 aromatic heterocycles. The molecule has 3 unspecified atom stereocenters. The minimum absolute atomic E-state index is 0.00412. The molecule has 3 N–H and O–H groups in total. The first-order valence-corrected chi connectivity index (χ1v) is 11.4. The number of methoxy groups -OCH3 is 1. The second kappa shape index (κ2) is 10.8. The van der Waals surface area contributed by atoms with Gasteiger partial charge in [0.25, 0.3) is 0 Å². The zero-order valence-corrected chi connectivity index (χ0v) is 18.9. The topological polar surface area (TPSA) is 82.7 Å². The fourth-order valence-electron chi connectivity index (χ4n) is 4.59. The van der Waals surface area contributed by atoms with Crippen LogP contribution in [0.4, 0.5) is 4.39 Å². The zero-order chi connectivity index (χ0) is 23.2. The lowest BCUT2D eigenvalue weighted by Gasteiger charge is -2.37. The molecule has 0 bridgehead atoms. The normalized spacial score (nSPS) is 22.5. The Morgan fingerprint density at radius 3 is 2.55 bits per heavy atom. The summed E-state index contributed by atoms with van der Waals surface area (Å²) in [4.78, 5) is 27.1. The molecule has 2 amide bonds. The van der Waals surface area contributed by atoms with Gasteiger partial charge in [0.05, 0.1) is 13.2 Å². The first-order valence-electron chi connectivity index (χ1n) is 11.4. The quantitative estimate of drug-likeness (QED) is 0.540. The average molecular weight is 455 g/mol. The SMILES string of the molecule is COc1ccc(CNC(=O)CCC2CNC(=O)C3CC(NCc4ccc(F)cc4)CN23)cc1. The van der Waals surface area contributed by atoms with Gasteiger partial charge in [0.2, 0.25) is 11.8 Å². The van der Waals surface area contributed by atoms with E-state index in [1.54, 1.807) is 19.2 Å². The molecular formula is C25H31FN4O3. The maximum Gasteiger partial charge on any atom is 0.237 e. The van der Waals surface area contributed by atoms with Crippen molar-refractivity contribution < 1.29 is 18.7 Å². The minimum Gasteiger partial charge on any atom is -0.497 e. The Labute approximate surface area is 193 Å². The second-order valence-electron chi connectivity index (χ2n) is 8.72. The van der Waals surface area contributed by atoms with Crippen molar-refractivity contribution in [1.29, 1.82) is 0 Å². The number of rotatable bonds is 9. The van der Waals surface area contributed by atoms with Gasteiger partial charge in [-0.2, -0.15) is 0 Å². The van der Waals surface area contributed by atoms with Crippen LogP contribution in [0, 0.1) is 5.82 Å². The highest BCUT2D eigenvalue weighted by Gasteiger charge is 2.43. The van der Waals surface area contributed by atoms with E-state index >= 15 is 0 Å². The Bertz CT molecular complexity index is 951. The molecule has 2 aromatic rings. The number of nitrogens with zero attached hydrogens (tertiary/aromatic N) is 1. The van der Waals surface area contributed by atoms with E-state index in [9.17, 15) is 14.0 Å². The summed E-state index contributed by atoms with van der Waals surface area (Å²) in [6.45, 7) is 2.43. The lowest BCUT2D eigenvalue weighted by atomic mass is 10.0. The van der Waals surface area contributed by atoms with Gasteiger partial charge < -0.3 is 20.7 Å². The van der Waals surface area contributed by atoms with Crippen molar-refractivity contribution in [3.63, 3.8) is 0 Å². The molecule has 33 heavy (non-hydrogen) atoms. The van der Waals surface area contributed by atoms with Gasteiger partial charge in [-0.3, -0.25) is 14.5 Å². The largest absolute Gasteiger partial charge is 0.497 e. The van der Waals surface area contributed by atoms with E-state index in [1.165, 1.54) is 12.1 Å². The van der Waals surface area contributed by atoms with Gasteiger partial charge in [-0.05, 0) is 48.2 Å². The fraction of sp³-hybridized carbons (Fsp3) is 0.440. The van der Waals surface area contributed by atoms with Crippen molar-refractivity contribution >= 4 is 11.8 Å². The number of hydrogen-bond donors (Lipinski definition) is 3. The van der Waals surface area contributed by atoms with Crippen LogP contribution in [0.25, 0.3) is 0 Å². The number of amides is 2. The van der Waals surface area contributed by atoms with Crippen LogP contribution < -0.4 is 20.7 Å². The van der Waals surface area contributed by atoms with Gasteiger partial charge >= 0.3 is 0 Å². The minimum atomic E-state index is -0.246. The first kappa shape index (κ1) is 23.2. The van der Waals surface area contributed by atoms with E-state index in [0.717, 1.165) is 29.8 Å². The van der Waals surface area contributed by atoms with Gasteiger partial charge in [-0.1, -0.05) is 24.3 Å². The number of nitrogens with one attached hydrogen (secondary N) is 3. The van der Waals surface area contributed by atoms with Crippen LogP contribution in [-0.4, -0.2) is 55.0 Å². The highest BCUT2D eigenvalue weighted by molar-refractivity contribution is 5.83. The average Bonchev–Trinajstić information content (AvgIpc) is 3.28.